The molecule has 0 aromatic carbocycles. The van der Waals surface area contributed by atoms with E-state index in [0.29, 0.717) is 25.4 Å². The van der Waals surface area contributed by atoms with Gasteiger partial charge in [-0.2, -0.15) is 0 Å². The Bertz CT molecular complexity index is 194. The fourth-order valence-corrected chi connectivity index (χ4v) is 2.08. The lowest BCUT2D eigenvalue weighted by molar-refractivity contribution is -0.172. The Morgan fingerprint density at radius 1 is 1.00 bits per heavy atom. The lowest BCUT2D eigenvalue weighted by Gasteiger charge is -2.28. The van der Waals surface area contributed by atoms with Crippen molar-refractivity contribution in [2.24, 2.45) is 0 Å². The summed E-state index contributed by atoms with van der Waals surface area (Å²) >= 11 is 0. The van der Waals surface area contributed by atoms with Crippen molar-refractivity contribution >= 4 is 5.78 Å². The standard InChI is InChI=1S/C10H16O3/c11-9-3-1-2-5-10(6-4-9)12-7-8-13-10/h1-8H2. The van der Waals surface area contributed by atoms with Crippen LogP contribution in [0.3, 0.4) is 0 Å². The number of hydrogen-bond acceptors (Lipinski definition) is 3. The van der Waals surface area contributed by atoms with Crippen LogP contribution in [0.4, 0.5) is 0 Å². The number of carbonyl (C=O) groups is 1. The topological polar surface area (TPSA) is 35.5 Å². The van der Waals surface area contributed by atoms with Crippen LogP contribution < -0.4 is 0 Å². The largest absolute Gasteiger partial charge is 0.348 e. The highest BCUT2D eigenvalue weighted by molar-refractivity contribution is 5.78. The van der Waals surface area contributed by atoms with Crippen LogP contribution >= 0.6 is 0 Å². The third-order valence-corrected chi connectivity index (χ3v) is 2.86. The summed E-state index contributed by atoms with van der Waals surface area (Å²) in [7, 11) is 0. The minimum Gasteiger partial charge on any atom is -0.348 e. The molecule has 1 saturated heterocycles. The van der Waals surface area contributed by atoms with Crippen molar-refractivity contribution in [3.05, 3.63) is 0 Å². The third kappa shape index (κ3) is 2.09. The molecule has 1 saturated carbocycles. The van der Waals surface area contributed by atoms with Crippen molar-refractivity contribution in [3.63, 3.8) is 0 Å². The zero-order chi connectivity index (χ0) is 9.15. The molecule has 1 heterocycles. The molecule has 3 heteroatoms. The Kier molecular flexibility index (Phi) is 2.65. The average molecular weight is 184 g/mol. The molecule has 2 aliphatic rings. The van der Waals surface area contributed by atoms with Crippen molar-refractivity contribution in [2.75, 3.05) is 13.2 Å². The van der Waals surface area contributed by atoms with Crippen molar-refractivity contribution in [3.8, 4) is 0 Å². The molecule has 0 atom stereocenters. The van der Waals surface area contributed by atoms with Crippen molar-refractivity contribution in [2.45, 2.75) is 44.3 Å². The summed E-state index contributed by atoms with van der Waals surface area (Å²) in [6, 6.07) is 0. The van der Waals surface area contributed by atoms with E-state index in [2.05, 4.69) is 0 Å². The molecule has 13 heavy (non-hydrogen) atoms. The normalized spacial score (nSPS) is 28.8. The van der Waals surface area contributed by atoms with E-state index in [9.17, 15) is 4.79 Å². The molecule has 0 unspecified atom stereocenters. The lowest BCUT2D eigenvalue weighted by Crippen LogP contribution is -2.32. The second-order valence-corrected chi connectivity index (χ2v) is 3.85. The Labute approximate surface area is 78.4 Å². The predicted octanol–water partition coefficient (Wildman–Crippen LogP) is 1.65. The van der Waals surface area contributed by atoms with Gasteiger partial charge in [-0.05, 0) is 12.8 Å². The molecule has 0 amide bonds. The van der Waals surface area contributed by atoms with Crippen LogP contribution in [0.5, 0.6) is 0 Å². The maximum absolute atomic E-state index is 11.3. The predicted molar refractivity (Wildman–Crippen MR) is 47.3 cm³/mol. The lowest BCUT2D eigenvalue weighted by atomic mass is 9.95. The smallest absolute Gasteiger partial charge is 0.168 e. The summed E-state index contributed by atoms with van der Waals surface area (Å²) in [6.07, 6.45) is 5.13. The molecule has 0 aromatic rings. The number of rotatable bonds is 0. The van der Waals surface area contributed by atoms with Crippen molar-refractivity contribution in [1.82, 2.24) is 0 Å². The molecule has 2 fully saturated rings. The molecule has 74 valence electrons. The molecule has 0 radical (unpaired) electrons. The number of hydrogen-bond donors (Lipinski definition) is 0. The average Bonchev–Trinajstić information content (AvgIpc) is 2.56. The van der Waals surface area contributed by atoms with E-state index in [1.807, 2.05) is 0 Å². The SMILES string of the molecule is O=C1CCCCC2(CC1)OCCO2. The van der Waals surface area contributed by atoms with E-state index in [4.69, 9.17) is 9.47 Å². The first-order valence-electron chi connectivity index (χ1n) is 5.10. The van der Waals surface area contributed by atoms with Crippen LogP contribution in [-0.4, -0.2) is 24.8 Å². The van der Waals surface area contributed by atoms with Gasteiger partial charge >= 0.3 is 0 Å². The molecule has 1 aliphatic carbocycles. The molecule has 0 bridgehead atoms. The summed E-state index contributed by atoms with van der Waals surface area (Å²) < 4.78 is 11.2. The van der Waals surface area contributed by atoms with Gasteiger partial charge in [0.15, 0.2) is 5.79 Å². The van der Waals surface area contributed by atoms with Crippen LogP contribution in [0.2, 0.25) is 0 Å². The highest BCUT2D eigenvalue weighted by atomic mass is 16.7. The number of ketones is 1. The summed E-state index contributed by atoms with van der Waals surface area (Å²) in [5.41, 5.74) is 0. The van der Waals surface area contributed by atoms with Crippen molar-refractivity contribution < 1.29 is 14.3 Å². The number of Topliss-reactive ketones (excluding diaryl/α,β-unsaturated/α-hetero) is 1. The molecule has 1 spiro atoms. The van der Waals surface area contributed by atoms with Crippen LogP contribution in [0, 0.1) is 0 Å². The summed E-state index contributed by atoms with van der Waals surface area (Å²) in [5.74, 6) is -0.0334. The molecule has 0 N–H and O–H groups in total. The van der Waals surface area contributed by atoms with Crippen LogP contribution in [-0.2, 0) is 14.3 Å². The summed E-state index contributed by atoms with van der Waals surface area (Å²) in [5, 5.41) is 0. The van der Waals surface area contributed by atoms with E-state index >= 15 is 0 Å². The monoisotopic (exact) mass is 184 g/mol. The van der Waals surface area contributed by atoms with E-state index in [1.165, 1.54) is 0 Å². The van der Waals surface area contributed by atoms with Crippen LogP contribution in [0.1, 0.15) is 38.5 Å². The van der Waals surface area contributed by atoms with Gasteiger partial charge in [-0.25, -0.2) is 0 Å². The van der Waals surface area contributed by atoms with E-state index < -0.39 is 5.79 Å². The molecular formula is C10H16O3. The van der Waals surface area contributed by atoms with Gasteiger partial charge < -0.3 is 9.47 Å². The highest BCUT2D eigenvalue weighted by Crippen LogP contribution is 2.32. The van der Waals surface area contributed by atoms with Gasteiger partial charge in [-0.3, -0.25) is 4.79 Å². The van der Waals surface area contributed by atoms with Gasteiger partial charge in [0.1, 0.15) is 5.78 Å². The quantitative estimate of drug-likeness (QED) is 0.574. The highest BCUT2D eigenvalue weighted by Gasteiger charge is 2.36. The second kappa shape index (κ2) is 3.76. The van der Waals surface area contributed by atoms with E-state index in [1.54, 1.807) is 0 Å². The zero-order valence-corrected chi connectivity index (χ0v) is 7.88. The van der Waals surface area contributed by atoms with Crippen LogP contribution in [0.15, 0.2) is 0 Å². The Hall–Kier alpha value is -0.410. The molecule has 1 aliphatic heterocycles. The first kappa shape index (κ1) is 9.16. The number of ether oxygens (including phenoxy) is 2. The first-order chi connectivity index (χ1) is 6.31. The van der Waals surface area contributed by atoms with Gasteiger partial charge in [0.2, 0.25) is 0 Å². The van der Waals surface area contributed by atoms with Gasteiger partial charge in [-0.1, -0.05) is 0 Å². The van der Waals surface area contributed by atoms with Gasteiger partial charge in [-0.15, -0.1) is 0 Å². The van der Waals surface area contributed by atoms with Crippen LogP contribution in [0.25, 0.3) is 0 Å². The number of carbonyl (C=O) groups excluding carboxylic acids is 1. The Balaban J connectivity index is 1.97. The van der Waals surface area contributed by atoms with Gasteiger partial charge in [0.05, 0.1) is 13.2 Å². The Morgan fingerprint density at radius 3 is 2.54 bits per heavy atom. The third-order valence-electron chi connectivity index (χ3n) is 2.86. The molecule has 2 rings (SSSR count). The van der Waals surface area contributed by atoms with E-state index in [-0.39, 0.29) is 0 Å². The summed E-state index contributed by atoms with van der Waals surface area (Å²) in [4.78, 5) is 11.3. The maximum Gasteiger partial charge on any atom is 0.168 e. The van der Waals surface area contributed by atoms with Gasteiger partial charge in [0.25, 0.3) is 0 Å². The molecule has 0 aromatic heterocycles. The van der Waals surface area contributed by atoms with Crippen molar-refractivity contribution in [1.29, 1.82) is 0 Å². The maximum atomic E-state index is 11.3. The van der Waals surface area contributed by atoms with Gasteiger partial charge in [0, 0.05) is 25.7 Å². The fourth-order valence-electron chi connectivity index (χ4n) is 2.08. The summed E-state index contributed by atoms with van der Waals surface area (Å²) in [6.45, 7) is 1.38. The van der Waals surface area contributed by atoms with E-state index in [0.717, 1.165) is 32.1 Å². The minimum atomic E-state index is -0.393. The molecular weight excluding hydrogens is 168 g/mol. The molecule has 3 nitrogen and oxygen atoms in total. The minimum absolute atomic E-state index is 0.359. The first-order valence-corrected chi connectivity index (χ1v) is 5.10. The fraction of sp³-hybridized carbons (Fsp3) is 0.900. The Morgan fingerprint density at radius 2 is 1.77 bits per heavy atom. The zero-order valence-electron chi connectivity index (χ0n) is 7.88. The second-order valence-electron chi connectivity index (χ2n) is 3.85.